The SMILES string of the molecule is CCNC(=NCCCOC1CCOCC1)NC1CCN(CC(=O)NC)CC1.I. The molecule has 1 amide bonds. The number of hydrogen-bond donors (Lipinski definition) is 3. The third kappa shape index (κ3) is 10.2. The van der Waals surface area contributed by atoms with E-state index in [1.807, 2.05) is 0 Å². The number of likely N-dealkylation sites (tertiary alicyclic amines) is 1. The fourth-order valence-corrected chi connectivity index (χ4v) is 3.38. The Hall–Kier alpha value is -0.650. The number of hydrogen-bond acceptors (Lipinski definition) is 5. The van der Waals surface area contributed by atoms with Crippen molar-refractivity contribution in [2.45, 2.75) is 51.2 Å². The molecule has 0 bridgehead atoms. The highest BCUT2D eigenvalue weighted by Gasteiger charge is 2.21. The summed E-state index contributed by atoms with van der Waals surface area (Å²) in [6, 6.07) is 0.405. The van der Waals surface area contributed by atoms with Crippen LogP contribution in [0.1, 0.15) is 39.0 Å². The number of nitrogens with one attached hydrogen (secondary N) is 3. The molecule has 0 atom stereocenters. The standard InChI is InChI=1S/C19H37N5O3.HI/c1-3-21-19(22-9-4-12-27-17-7-13-26-14-8-17)23-16-5-10-24(11-6-16)15-18(25)20-2;/h16-17H,3-15H2,1-2H3,(H,20,25)(H2,21,22,23);1H. The van der Waals surface area contributed by atoms with Gasteiger partial charge in [-0.3, -0.25) is 14.7 Å². The first-order chi connectivity index (χ1) is 13.2. The molecule has 0 unspecified atom stereocenters. The fraction of sp³-hybridized carbons (Fsp3) is 0.895. The summed E-state index contributed by atoms with van der Waals surface area (Å²) in [5, 5.41) is 9.55. The average Bonchev–Trinajstić information content (AvgIpc) is 2.70. The monoisotopic (exact) mass is 511 g/mol. The van der Waals surface area contributed by atoms with Gasteiger partial charge in [-0.1, -0.05) is 0 Å². The van der Waals surface area contributed by atoms with Crippen LogP contribution in [-0.2, 0) is 14.3 Å². The fourth-order valence-electron chi connectivity index (χ4n) is 3.38. The molecule has 0 aromatic carbocycles. The first kappa shape index (κ1) is 25.4. The van der Waals surface area contributed by atoms with Crippen LogP contribution in [-0.4, -0.2) is 88.5 Å². The molecule has 0 saturated carbocycles. The molecule has 8 nitrogen and oxygen atoms in total. The predicted molar refractivity (Wildman–Crippen MR) is 122 cm³/mol. The minimum atomic E-state index is 0. The Bertz CT molecular complexity index is 453. The molecule has 2 aliphatic heterocycles. The minimum absolute atomic E-state index is 0. The van der Waals surface area contributed by atoms with Crippen molar-refractivity contribution in [2.24, 2.45) is 4.99 Å². The van der Waals surface area contributed by atoms with Crippen LogP contribution < -0.4 is 16.0 Å². The molecule has 2 heterocycles. The van der Waals surface area contributed by atoms with Crippen LogP contribution in [0.15, 0.2) is 4.99 Å². The number of aliphatic imine (C=N–C) groups is 1. The Kier molecular flexibility index (Phi) is 13.8. The summed E-state index contributed by atoms with van der Waals surface area (Å²) in [7, 11) is 1.68. The van der Waals surface area contributed by atoms with Crippen molar-refractivity contribution in [3.8, 4) is 0 Å². The third-order valence-electron chi connectivity index (χ3n) is 5.01. The Morgan fingerprint density at radius 3 is 2.57 bits per heavy atom. The van der Waals surface area contributed by atoms with Gasteiger partial charge in [0.05, 0.1) is 12.6 Å². The lowest BCUT2D eigenvalue weighted by Crippen LogP contribution is -2.50. The van der Waals surface area contributed by atoms with Crippen LogP contribution in [0.3, 0.4) is 0 Å². The Balaban J connectivity index is 0.00000392. The van der Waals surface area contributed by atoms with Gasteiger partial charge in [-0.05, 0) is 39.0 Å². The van der Waals surface area contributed by atoms with E-state index in [2.05, 4.69) is 32.8 Å². The first-order valence-electron chi connectivity index (χ1n) is 10.4. The number of halogens is 1. The van der Waals surface area contributed by atoms with Gasteiger partial charge < -0.3 is 25.4 Å². The number of piperidine rings is 1. The predicted octanol–water partition coefficient (Wildman–Crippen LogP) is 0.956. The number of nitrogens with zero attached hydrogens (tertiary/aromatic N) is 2. The molecule has 3 N–H and O–H groups in total. The molecule has 0 radical (unpaired) electrons. The van der Waals surface area contributed by atoms with E-state index in [1.54, 1.807) is 7.05 Å². The van der Waals surface area contributed by atoms with E-state index < -0.39 is 0 Å². The van der Waals surface area contributed by atoms with E-state index in [0.717, 1.165) is 84.1 Å². The van der Waals surface area contributed by atoms with Crippen molar-refractivity contribution in [1.29, 1.82) is 0 Å². The van der Waals surface area contributed by atoms with E-state index in [1.165, 1.54) is 0 Å². The van der Waals surface area contributed by atoms with Gasteiger partial charge in [0.2, 0.25) is 5.91 Å². The zero-order valence-electron chi connectivity index (χ0n) is 17.4. The summed E-state index contributed by atoms with van der Waals surface area (Å²) in [5.74, 6) is 0.965. The zero-order valence-corrected chi connectivity index (χ0v) is 19.7. The van der Waals surface area contributed by atoms with Crippen LogP contribution in [0.25, 0.3) is 0 Å². The Labute approximate surface area is 186 Å². The van der Waals surface area contributed by atoms with Crippen molar-refractivity contribution in [3.63, 3.8) is 0 Å². The molecule has 2 fully saturated rings. The van der Waals surface area contributed by atoms with Gasteiger partial charge in [-0.2, -0.15) is 0 Å². The maximum absolute atomic E-state index is 11.5. The van der Waals surface area contributed by atoms with Crippen molar-refractivity contribution >= 4 is 35.8 Å². The molecule has 2 rings (SSSR count). The summed E-state index contributed by atoms with van der Waals surface area (Å²) < 4.78 is 11.2. The molecule has 9 heteroatoms. The lowest BCUT2D eigenvalue weighted by molar-refractivity contribution is -0.122. The normalized spacial score (nSPS) is 19.7. The molecule has 164 valence electrons. The summed E-state index contributed by atoms with van der Waals surface area (Å²) >= 11 is 0. The lowest BCUT2D eigenvalue weighted by atomic mass is 10.1. The largest absolute Gasteiger partial charge is 0.381 e. The second-order valence-electron chi connectivity index (χ2n) is 7.16. The summed E-state index contributed by atoms with van der Waals surface area (Å²) in [4.78, 5) is 18.4. The van der Waals surface area contributed by atoms with Crippen LogP contribution in [0.2, 0.25) is 0 Å². The van der Waals surface area contributed by atoms with Gasteiger partial charge in [0.25, 0.3) is 0 Å². The van der Waals surface area contributed by atoms with Gasteiger partial charge >= 0.3 is 0 Å². The van der Waals surface area contributed by atoms with Gasteiger partial charge in [0, 0.05) is 59.1 Å². The summed E-state index contributed by atoms with van der Waals surface area (Å²) in [6.07, 6.45) is 5.34. The third-order valence-corrected chi connectivity index (χ3v) is 5.01. The van der Waals surface area contributed by atoms with Gasteiger partial charge in [0.15, 0.2) is 5.96 Å². The highest BCUT2D eigenvalue weighted by molar-refractivity contribution is 14.0. The molecule has 0 aliphatic carbocycles. The maximum atomic E-state index is 11.5. The molecule has 0 aromatic heterocycles. The van der Waals surface area contributed by atoms with Crippen LogP contribution in [0.5, 0.6) is 0 Å². The van der Waals surface area contributed by atoms with E-state index in [-0.39, 0.29) is 29.9 Å². The molecular formula is C19H38IN5O3. The van der Waals surface area contributed by atoms with Crippen molar-refractivity contribution in [3.05, 3.63) is 0 Å². The van der Waals surface area contributed by atoms with Crippen LogP contribution in [0, 0.1) is 0 Å². The van der Waals surface area contributed by atoms with E-state index in [4.69, 9.17) is 9.47 Å². The highest BCUT2D eigenvalue weighted by atomic mass is 127. The maximum Gasteiger partial charge on any atom is 0.233 e. The molecule has 28 heavy (non-hydrogen) atoms. The number of likely N-dealkylation sites (N-methyl/N-ethyl adjacent to an activating group) is 1. The van der Waals surface area contributed by atoms with Gasteiger partial charge in [-0.25, -0.2) is 0 Å². The minimum Gasteiger partial charge on any atom is -0.381 e. The Morgan fingerprint density at radius 2 is 1.93 bits per heavy atom. The highest BCUT2D eigenvalue weighted by Crippen LogP contribution is 2.11. The topological polar surface area (TPSA) is 87.2 Å². The molecule has 0 aromatic rings. The first-order valence-corrected chi connectivity index (χ1v) is 10.4. The molecule has 0 spiro atoms. The number of amides is 1. The Morgan fingerprint density at radius 1 is 1.21 bits per heavy atom. The lowest BCUT2D eigenvalue weighted by Gasteiger charge is -2.32. The van der Waals surface area contributed by atoms with Gasteiger partial charge in [-0.15, -0.1) is 24.0 Å². The number of carbonyl (C=O) groups is 1. The second kappa shape index (κ2) is 15.2. The second-order valence-corrected chi connectivity index (χ2v) is 7.16. The van der Waals surface area contributed by atoms with Crippen LogP contribution >= 0.6 is 24.0 Å². The smallest absolute Gasteiger partial charge is 0.233 e. The van der Waals surface area contributed by atoms with E-state index >= 15 is 0 Å². The summed E-state index contributed by atoms with van der Waals surface area (Å²) in [6.45, 7) is 8.44. The molecule has 2 aliphatic rings. The van der Waals surface area contributed by atoms with Crippen LogP contribution in [0.4, 0.5) is 0 Å². The molecular weight excluding hydrogens is 473 g/mol. The van der Waals surface area contributed by atoms with Crippen molar-refractivity contribution in [1.82, 2.24) is 20.9 Å². The average molecular weight is 511 g/mol. The van der Waals surface area contributed by atoms with Gasteiger partial charge in [0.1, 0.15) is 0 Å². The number of guanidine groups is 1. The van der Waals surface area contributed by atoms with E-state index in [9.17, 15) is 4.79 Å². The number of ether oxygens (including phenoxy) is 2. The number of rotatable bonds is 9. The zero-order chi connectivity index (χ0) is 19.3. The van der Waals surface area contributed by atoms with E-state index in [0.29, 0.717) is 18.7 Å². The van der Waals surface area contributed by atoms with Crippen molar-refractivity contribution < 1.29 is 14.3 Å². The summed E-state index contributed by atoms with van der Waals surface area (Å²) in [5.41, 5.74) is 0. The molecule has 2 saturated heterocycles. The number of carbonyl (C=O) groups excluding carboxylic acids is 1. The van der Waals surface area contributed by atoms with Crippen molar-refractivity contribution in [2.75, 3.05) is 59.6 Å². The quantitative estimate of drug-likeness (QED) is 0.185.